The summed E-state index contributed by atoms with van der Waals surface area (Å²) in [6, 6.07) is 5.31. The van der Waals surface area contributed by atoms with E-state index in [1.165, 1.54) is 12.1 Å². The summed E-state index contributed by atoms with van der Waals surface area (Å²) in [6.07, 6.45) is -4.55. The molecule has 1 aromatic heterocycles. The molecule has 2 aromatic rings. The molecule has 0 saturated carbocycles. The molecule has 0 unspecified atom stereocenters. The summed E-state index contributed by atoms with van der Waals surface area (Å²) in [6.45, 7) is 1.75. The number of alkyl halides is 3. The van der Waals surface area contributed by atoms with Crippen LogP contribution in [0.25, 0.3) is 11.3 Å². The first-order valence-electron chi connectivity index (χ1n) is 4.72. The maximum atomic E-state index is 12.3. The van der Waals surface area contributed by atoms with Crippen LogP contribution in [0.1, 0.15) is 11.3 Å². The topological polar surface area (TPSA) is 46.3 Å². The van der Waals surface area contributed by atoms with E-state index in [0.717, 1.165) is 11.6 Å². The van der Waals surface area contributed by atoms with Crippen molar-refractivity contribution < 1.29 is 22.8 Å². The second kappa shape index (κ2) is 3.80. The zero-order valence-electron chi connectivity index (χ0n) is 8.75. The van der Waals surface area contributed by atoms with Crippen LogP contribution in [-0.4, -0.2) is 10.3 Å². The molecule has 0 atom stereocenters. The van der Waals surface area contributed by atoms with Crippen LogP contribution in [0.3, 0.4) is 0 Å². The molecule has 90 valence electrons. The number of hydrogen-bond donors (Lipinski definition) is 1. The lowest BCUT2D eigenvalue weighted by Gasteiger charge is -2.01. The first-order valence-corrected chi connectivity index (χ1v) is 4.72. The molecule has 1 heterocycles. The Kier molecular flexibility index (Phi) is 2.57. The van der Waals surface area contributed by atoms with Gasteiger partial charge < -0.3 is 9.63 Å². The van der Waals surface area contributed by atoms with Gasteiger partial charge in [0.2, 0.25) is 0 Å². The van der Waals surface area contributed by atoms with E-state index in [2.05, 4.69) is 9.68 Å². The second-order valence-electron chi connectivity index (χ2n) is 3.59. The molecule has 0 fully saturated rings. The van der Waals surface area contributed by atoms with Gasteiger partial charge in [-0.1, -0.05) is 16.8 Å². The zero-order valence-corrected chi connectivity index (χ0v) is 8.75. The van der Waals surface area contributed by atoms with E-state index in [-0.39, 0.29) is 17.1 Å². The summed E-state index contributed by atoms with van der Waals surface area (Å²) in [7, 11) is 0. The van der Waals surface area contributed by atoms with Gasteiger partial charge in [-0.05, 0) is 19.1 Å². The molecule has 0 radical (unpaired) electrons. The third kappa shape index (κ3) is 2.25. The highest BCUT2D eigenvalue weighted by molar-refractivity contribution is 5.66. The fourth-order valence-corrected chi connectivity index (χ4v) is 1.38. The maximum absolute atomic E-state index is 12.3. The minimum absolute atomic E-state index is 0.112. The van der Waals surface area contributed by atoms with Crippen molar-refractivity contribution in [2.45, 2.75) is 13.1 Å². The Hall–Kier alpha value is -1.98. The Bertz CT molecular complexity index is 546. The van der Waals surface area contributed by atoms with Gasteiger partial charge in [-0.3, -0.25) is 0 Å². The Balaban J connectivity index is 2.47. The average molecular weight is 243 g/mol. The molecule has 0 aliphatic heterocycles. The summed E-state index contributed by atoms with van der Waals surface area (Å²) in [5.41, 5.74) is -0.135. The van der Waals surface area contributed by atoms with Crippen LogP contribution in [0, 0.1) is 6.92 Å². The predicted molar refractivity (Wildman–Crippen MR) is 53.3 cm³/mol. The minimum atomic E-state index is -4.55. The van der Waals surface area contributed by atoms with Crippen molar-refractivity contribution in [3.05, 3.63) is 35.5 Å². The van der Waals surface area contributed by atoms with Crippen molar-refractivity contribution in [2.24, 2.45) is 0 Å². The highest BCUT2D eigenvalue weighted by atomic mass is 19.4. The third-order valence-corrected chi connectivity index (χ3v) is 2.22. The lowest BCUT2D eigenvalue weighted by atomic mass is 10.1. The molecule has 17 heavy (non-hydrogen) atoms. The van der Waals surface area contributed by atoms with Crippen LogP contribution < -0.4 is 0 Å². The summed E-state index contributed by atoms with van der Waals surface area (Å²) in [5.74, 6) is -0.265. The smallest absolute Gasteiger partial charge is 0.436 e. The van der Waals surface area contributed by atoms with Crippen molar-refractivity contribution in [2.75, 3.05) is 0 Å². The van der Waals surface area contributed by atoms with Gasteiger partial charge in [-0.25, -0.2) is 0 Å². The number of hydrogen-bond acceptors (Lipinski definition) is 3. The first kappa shape index (κ1) is 11.5. The van der Waals surface area contributed by atoms with Crippen LogP contribution in [0.15, 0.2) is 28.8 Å². The van der Waals surface area contributed by atoms with E-state index in [1.807, 2.05) is 0 Å². The van der Waals surface area contributed by atoms with E-state index in [1.54, 1.807) is 13.0 Å². The van der Waals surface area contributed by atoms with E-state index < -0.39 is 11.9 Å². The van der Waals surface area contributed by atoms with Crippen molar-refractivity contribution in [3.8, 4) is 17.1 Å². The zero-order chi connectivity index (χ0) is 12.6. The van der Waals surface area contributed by atoms with Gasteiger partial charge in [-0.2, -0.15) is 13.2 Å². The van der Waals surface area contributed by atoms with Crippen LogP contribution >= 0.6 is 0 Å². The lowest BCUT2D eigenvalue weighted by molar-refractivity contribution is -0.142. The average Bonchev–Trinajstić information content (AvgIpc) is 2.70. The molecule has 3 nitrogen and oxygen atoms in total. The molecular weight excluding hydrogens is 235 g/mol. The molecule has 0 bridgehead atoms. The molecule has 2 rings (SSSR count). The van der Waals surface area contributed by atoms with Gasteiger partial charge in [0.15, 0.2) is 11.5 Å². The summed E-state index contributed by atoms with van der Waals surface area (Å²) >= 11 is 0. The van der Waals surface area contributed by atoms with Gasteiger partial charge in [0.25, 0.3) is 0 Å². The molecule has 0 aliphatic rings. The standard InChI is InChI=1S/C11H8F3NO2/c1-6-2-3-8(16)7(4-6)9-5-10(15-17-9)11(12,13)14/h2-5,16H,1H3. The van der Waals surface area contributed by atoms with E-state index in [9.17, 15) is 18.3 Å². The Morgan fingerprint density at radius 1 is 1.24 bits per heavy atom. The summed E-state index contributed by atoms with van der Waals surface area (Å²) in [4.78, 5) is 0. The van der Waals surface area contributed by atoms with Gasteiger partial charge in [0.1, 0.15) is 5.75 Å². The van der Waals surface area contributed by atoms with Crippen molar-refractivity contribution in [1.82, 2.24) is 5.16 Å². The quantitative estimate of drug-likeness (QED) is 0.835. The normalized spacial score (nSPS) is 11.8. The Morgan fingerprint density at radius 2 is 1.94 bits per heavy atom. The summed E-state index contributed by atoms with van der Waals surface area (Å²) in [5, 5.41) is 12.5. The number of nitrogens with zero attached hydrogens (tertiary/aromatic N) is 1. The molecule has 1 aromatic carbocycles. The maximum Gasteiger partial charge on any atom is 0.436 e. The van der Waals surface area contributed by atoms with Gasteiger partial charge in [0, 0.05) is 6.07 Å². The monoisotopic (exact) mass is 243 g/mol. The lowest BCUT2D eigenvalue weighted by Crippen LogP contribution is -2.04. The van der Waals surface area contributed by atoms with Crippen LogP contribution in [0.5, 0.6) is 5.75 Å². The van der Waals surface area contributed by atoms with E-state index >= 15 is 0 Å². The Morgan fingerprint density at radius 3 is 2.53 bits per heavy atom. The predicted octanol–water partition coefficient (Wildman–Crippen LogP) is 3.37. The minimum Gasteiger partial charge on any atom is -0.507 e. The summed E-state index contributed by atoms with van der Waals surface area (Å²) < 4.78 is 41.5. The Labute approximate surface area is 94.5 Å². The number of aryl methyl sites for hydroxylation is 1. The molecule has 0 saturated heterocycles. The number of aromatic nitrogens is 1. The fraction of sp³-hybridized carbons (Fsp3) is 0.182. The largest absolute Gasteiger partial charge is 0.507 e. The number of aromatic hydroxyl groups is 1. The van der Waals surface area contributed by atoms with Crippen LogP contribution in [-0.2, 0) is 6.18 Å². The van der Waals surface area contributed by atoms with Crippen molar-refractivity contribution >= 4 is 0 Å². The van der Waals surface area contributed by atoms with Gasteiger partial charge in [-0.15, -0.1) is 0 Å². The van der Waals surface area contributed by atoms with E-state index in [0.29, 0.717) is 0 Å². The highest BCUT2D eigenvalue weighted by Crippen LogP contribution is 2.35. The molecule has 0 spiro atoms. The first-order chi connectivity index (χ1) is 7.88. The molecular formula is C11H8F3NO2. The number of halogens is 3. The number of phenolic OH excluding ortho intramolecular Hbond substituents is 1. The molecule has 1 N–H and O–H groups in total. The van der Waals surface area contributed by atoms with Crippen molar-refractivity contribution in [1.29, 1.82) is 0 Å². The van der Waals surface area contributed by atoms with Gasteiger partial charge in [0.05, 0.1) is 5.56 Å². The molecule has 0 aliphatic carbocycles. The third-order valence-electron chi connectivity index (χ3n) is 2.22. The molecule has 6 heteroatoms. The number of benzene rings is 1. The fourth-order valence-electron chi connectivity index (χ4n) is 1.38. The van der Waals surface area contributed by atoms with Crippen molar-refractivity contribution in [3.63, 3.8) is 0 Å². The van der Waals surface area contributed by atoms with E-state index in [4.69, 9.17) is 0 Å². The van der Waals surface area contributed by atoms with Crippen LogP contribution in [0.2, 0.25) is 0 Å². The second-order valence-corrected chi connectivity index (χ2v) is 3.59. The number of rotatable bonds is 1. The number of phenols is 1. The van der Waals surface area contributed by atoms with Crippen LogP contribution in [0.4, 0.5) is 13.2 Å². The molecule has 0 amide bonds. The van der Waals surface area contributed by atoms with Gasteiger partial charge >= 0.3 is 6.18 Å². The SMILES string of the molecule is Cc1ccc(O)c(-c2cc(C(F)(F)F)no2)c1. The highest BCUT2D eigenvalue weighted by Gasteiger charge is 2.35.